The number of benzene rings is 1. The molecular weight excluding hydrogens is 528 g/mol. The first-order valence-corrected chi connectivity index (χ1v) is 13.7. The lowest BCUT2D eigenvalue weighted by Crippen LogP contribution is -2.60. The highest BCUT2D eigenvalue weighted by Crippen LogP contribution is 2.19. The third-order valence-corrected chi connectivity index (χ3v) is 6.70. The van der Waals surface area contributed by atoms with Crippen molar-refractivity contribution < 1.29 is 34.2 Å². The zero-order valence-corrected chi connectivity index (χ0v) is 22.6. The molecule has 2 rings (SSSR count). The van der Waals surface area contributed by atoms with Crippen molar-refractivity contribution in [3.8, 4) is 0 Å². The van der Waals surface area contributed by atoms with Gasteiger partial charge in [0.1, 0.15) is 18.1 Å². The van der Waals surface area contributed by atoms with Gasteiger partial charge in [0.2, 0.25) is 23.6 Å². The zero-order valence-electron chi connectivity index (χ0n) is 21.8. The molecule has 0 saturated heterocycles. The maximum absolute atomic E-state index is 13.4. The van der Waals surface area contributed by atoms with E-state index in [1.54, 1.807) is 12.5 Å². The maximum Gasteiger partial charge on any atom is 0.326 e. The number of aliphatic carboxylic acids is 1. The van der Waals surface area contributed by atoms with Crippen molar-refractivity contribution in [3.05, 3.63) is 36.0 Å². The third kappa shape index (κ3) is 9.57. The number of primary amides is 1. The second kappa shape index (κ2) is 15.1. The lowest BCUT2D eigenvalue weighted by Gasteiger charge is -2.26. The molecule has 0 aliphatic heterocycles. The Hall–Kier alpha value is -3.62. The fourth-order valence-electron chi connectivity index (χ4n) is 3.85. The summed E-state index contributed by atoms with van der Waals surface area (Å²) in [6.45, 7) is 1.27. The van der Waals surface area contributed by atoms with E-state index in [2.05, 4.69) is 20.9 Å². The molecule has 0 aliphatic rings. The van der Waals surface area contributed by atoms with Crippen LogP contribution < -0.4 is 27.4 Å². The first-order chi connectivity index (χ1) is 18.4. The van der Waals surface area contributed by atoms with E-state index in [4.69, 9.17) is 11.5 Å². The molecule has 0 aliphatic carbocycles. The number of aromatic amines is 1. The number of hydrogen-bond acceptors (Lipinski definition) is 8. The molecule has 1 aromatic carbocycles. The van der Waals surface area contributed by atoms with E-state index in [0.29, 0.717) is 11.3 Å². The summed E-state index contributed by atoms with van der Waals surface area (Å²) < 4.78 is 0. The number of rotatable bonds is 16. The van der Waals surface area contributed by atoms with Gasteiger partial charge in [0.15, 0.2) is 0 Å². The van der Waals surface area contributed by atoms with E-state index < -0.39 is 59.9 Å². The quantitative estimate of drug-likeness (QED) is 0.124. The van der Waals surface area contributed by atoms with Gasteiger partial charge >= 0.3 is 5.97 Å². The highest BCUT2D eigenvalue weighted by atomic mass is 32.2. The van der Waals surface area contributed by atoms with Crippen molar-refractivity contribution in [1.82, 2.24) is 20.9 Å². The summed E-state index contributed by atoms with van der Waals surface area (Å²) in [5, 5.41) is 27.8. The molecule has 10 N–H and O–H groups in total. The van der Waals surface area contributed by atoms with Gasteiger partial charge in [-0.3, -0.25) is 19.2 Å². The highest BCUT2D eigenvalue weighted by molar-refractivity contribution is 7.98. The van der Waals surface area contributed by atoms with Crippen LogP contribution in [0, 0.1) is 0 Å². The van der Waals surface area contributed by atoms with Gasteiger partial charge in [-0.25, -0.2) is 4.79 Å². The van der Waals surface area contributed by atoms with E-state index >= 15 is 0 Å². The lowest BCUT2D eigenvalue weighted by molar-refractivity contribution is -0.143. The van der Waals surface area contributed by atoms with Crippen molar-refractivity contribution in [2.45, 2.75) is 62.9 Å². The Labute approximate surface area is 229 Å². The lowest BCUT2D eigenvalue weighted by atomic mass is 10.0. The molecule has 39 heavy (non-hydrogen) atoms. The van der Waals surface area contributed by atoms with Gasteiger partial charge in [-0.05, 0) is 43.4 Å². The average molecular weight is 565 g/mol. The van der Waals surface area contributed by atoms with Gasteiger partial charge in [-0.15, -0.1) is 0 Å². The highest BCUT2D eigenvalue weighted by Gasteiger charge is 2.33. The minimum absolute atomic E-state index is 0.00372. The number of amides is 4. The molecule has 13 nitrogen and oxygen atoms in total. The van der Waals surface area contributed by atoms with Crippen LogP contribution in [0.3, 0.4) is 0 Å². The number of nitrogens with one attached hydrogen (secondary N) is 4. The van der Waals surface area contributed by atoms with Crippen molar-refractivity contribution in [2.24, 2.45) is 11.5 Å². The fraction of sp³-hybridized carbons (Fsp3) is 0.480. The Morgan fingerprint density at radius 3 is 2.28 bits per heavy atom. The summed E-state index contributed by atoms with van der Waals surface area (Å²) in [6.07, 6.45) is 2.09. The Bertz CT molecular complexity index is 1170. The van der Waals surface area contributed by atoms with Crippen LogP contribution in [0.15, 0.2) is 30.5 Å². The first-order valence-electron chi connectivity index (χ1n) is 12.3. The number of nitrogens with two attached hydrogens (primary N) is 2. The predicted molar refractivity (Wildman–Crippen MR) is 147 cm³/mol. The number of carbonyl (C=O) groups excluding carboxylic acids is 4. The molecule has 1 aromatic heterocycles. The molecule has 214 valence electrons. The molecule has 0 spiro atoms. The van der Waals surface area contributed by atoms with Crippen molar-refractivity contribution in [1.29, 1.82) is 0 Å². The van der Waals surface area contributed by atoms with Crippen LogP contribution >= 0.6 is 11.8 Å². The number of para-hydroxylation sites is 1. The second-order valence-electron chi connectivity index (χ2n) is 9.14. The fourth-order valence-corrected chi connectivity index (χ4v) is 4.32. The number of hydrogen-bond donors (Lipinski definition) is 8. The molecule has 1 heterocycles. The van der Waals surface area contributed by atoms with Crippen LogP contribution in [-0.4, -0.2) is 87.1 Å². The Balaban J connectivity index is 2.26. The molecule has 4 amide bonds. The minimum atomic E-state index is -1.50. The van der Waals surface area contributed by atoms with Crippen molar-refractivity contribution >= 4 is 52.3 Å². The topological polar surface area (TPSA) is 230 Å². The molecular formula is C25H36N6O7S. The van der Waals surface area contributed by atoms with E-state index in [1.165, 1.54) is 18.7 Å². The van der Waals surface area contributed by atoms with Crippen LogP contribution in [0.1, 0.15) is 31.7 Å². The van der Waals surface area contributed by atoms with Gasteiger partial charge in [-0.1, -0.05) is 18.2 Å². The van der Waals surface area contributed by atoms with E-state index in [0.717, 1.165) is 10.9 Å². The Morgan fingerprint density at radius 2 is 1.67 bits per heavy atom. The normalized spacial score (nSPS) is 15.0. The number of H-pyrrole nitrogens is 1. The summed E-state index contributed by atoms with van der Waals surface area (Å²) in [5.41, 5.74) is 12.5. The molecule has 5 atom stereocenters. The largest absolute Gasteiger partial charge is 0.480 e. The summed E-state index contributed by atoms with van der Waals surface area (Å²) in [4.78, 5) is 64.8. The number of aliphatic hydroxyl groups excluding tert-OH is 1. The number of carbonyl (C=O) groups is 5. The van der Waals surface area contributed by atoms with E-state index in [1.807, 2.05) is 24.3 Å². The molecule has 0 radical (unpaired) electrons. The van der Waals surface area contributed by atoms with Crippen LogP contribution in [0.2, 0.25) is 0 Å². The SMILES string of the molecule is CSCCC(NC(=O)C(NC(=O)C(Cc1c[nH]c2ccccc12)NC(=O)C(N)CCC(N)=O)C(C)O)C(=O)O. The Morgan fingerprint density at radius 1 is 1.00 bits per heavy atom. The summed E-state index contributed by atoms with van der Waals surface area (Å²) in [6, 6.07) is 2.27. The minimum Gasteiger partial charge on any atom is -0.480 e. The van der Waals surface area contributed by atoms with Crippen molar-refractivity contribution in [2.75, 3.05) is 12.0 Å². The number of thioether (sulfide) groups is 1. The number of fused-ring (bicyclic) bond motifs is 1. The van der Waals surface area contributed by atoms with Gasteiger partial charge in [0.05, 0.1) is 12.1 Å². The number of aromatic nitrogens is 1. The number of carboxylic acids is 1. The van der Waals surface area contributed by atoms with Crippen molar-refractivity contribution in [3.63, 3.8) is 0 Å². The standard InChI is InChI=1S/C25H36N6O7S/c1-13(32)21(24(36)29-18(25(37)38)9-10-39-2)31-23(35)19(30-22(34)16(26)7-8-20(27)33)11-14-12-28-17-6-4-3-5-15(14)17/h3-6,12-13,16,18-19,21,28,32H,7-11,26H2,1-2H3,(H2,27,33)(H,29,36)(H,30,34)(H,31,35)(H,37,38). The molecule has 0 fully saturated rings. The second-order valence-corrected chi connectivity index (χ2v) is 10.1. The molecule has 14 heteroatoms. The first kappa shape index (κ1) is 31.6. The third-order valence-electron chi connectivity index (χ3n) is 6.06. The van der Waals surface area contributed by atoms with Gasteiger partial charge in [0.25, 0.3) is 0 Å². The summed E-state index contributed by atoms with van der Waals surface area (Å²) >= 11 is 1.41. The van der Waals surface area contributed by atoms with Gasteiger partial charge in [0, 0.05) is 29.9 Å². The van der Waals surface area contributed by atoms with Crippen LogP contribution in [-0.2, 0) is 30.4 Å². The predicted octanol–water partition coefficient (Wildman–Crippen LogP) is -1.02. The van der Waals surface area contributed by atoms with Crippen LogP contribution in [0.4, 0.5) is 0 Å². The monoisotopic (exact) mass is 564 g/mol. The Kier molecular flexibility index (Phi) is 12.2. The summed E-state index contributed by atoms with van der Waals surface area (Å²) in [5.74, 6) is -3.80. The molecule has 2 aromatic rings. The molecule has 0 bridgehead atoms. The van der Waals surface area contributed by atoms with Gasteiger partial charge in [-0.2, -0.15) is 11.8 Å². The summed E-state index contributed by atoms with van der Waals surface area (Å²) in [7, 11) is 0. The maximum atomic E-state index is 13.4. The van der Waals surface area contributed by atoms with Crippen LogP contribution in [0.25, 0.3) is 10.9 Å². The zero-order chi connectivity index (χ0) is 29.1. The average Bonchev–Trinajstić information content (AvgIpc) is 3.29. The smallest absolute Gasteiger partial charge is 0.326 e. The number of aliphatic hydroxyl groups is 1. The number of carboxylic acid groups (broad SMARTS) is 1. The van der Waals surface area contributed by atoms with Crippen LogP contribution in [0.5, 0.6) is 0 Å². The molecule has 5 unspecified atom stereocenters. The van der Waals surface area contributed by atoms with E-state index in [-0.39, 0.29) is 25.7 Å². The van der Waals surface area contributed by atoms with Gasteiger partial charge < -0.3 is 42.6 Å². The molecule has 0 saturated carbocycles. The van der Waals surface area contributed by atoms with E-state index in [9.17, 15) is 34.2 Å².